The Hall–Kier alpha value is -2.60. The minimum absolute atomic E-state index is 0.0362. The van der Waals surface area contributed by atoms with E-state index in [2.05, 4.69) is 6.92 Å². The zero-order valence-electron chi connectivity index (χ0n) is 16.3. The van der Waals surface area contributed by atoms with E-state index in [1.807, 2.05) is 12.1 Å². The lowest BCUT2D eigenvalue weighted by Crippen LogP contribution is -2.10. The maximum atomic E-state index is 10.6. The van der Waals surface area contributed by atoms with Crippen molar-refractivity contribution in [2.45, 2.75) is 32.1 Å². The van der Waals surface area contributed by atoms with E-state index in [-0.39, 0.29) is 24.0 Å². The van der Waals surface area contributed by atoms with Gasteiger partial charge in [0.2, 0.25) is 5.75 Å². The Morgan fingerprint density at radius 3 is 1.81 bits per heavy atom. The number of aryl methyl sites for hydroxylation is 1. The van der Waals surface area contributed by atoms with Gasteiger partial charge in [0, 0.05) is 11.5 Å². The molecular weight excluding hydrogens is 348 g/mol. The first-order valence-electron chi connectivity index (χ1n) is 8.93. The van der Waals surface area contributed by atoms with Crippen LogP contribution >= 0.6 is 0 Å². The number of aromatic hydroxyl groups is 2. The molecule has 0 aromatic heterocycles. The number of benzene rings is 2. The number of aliphatic hydroxyl groups excluding tert-OH is 1. The number of hydrogen-bond acceptors (Lipinski definition) is 6. The predicted molar refractivity (Wildman–Crippen MR) is 103 cm³/mol. The van der Waals surface area contributed by atoms with E-state index in [4.69, 9.17) is 14.2 Å². The third-order valence-corrected chi connectivity index (χ3v) is 4.60. The molecule has 0 amide bonds. The molecule has 1 atom stereocenters. The first-order chi connectivity index (χ1) is 13.0. The summed E-state index contributed by atoms with van der Waals surface area (Å²) in [5, 5.41) is 30.6. The topological polar surface area (TPSA) is 88.4 Å². The number of methoxy groups -OCH3 is 3. The SMILES string of the molecule is CCCc1cc(OC)c(O)c(C(CO)Cc2cc(OC)c(O)c(OC)c2)c1. The molecule has 0 saturated carbocycles. The zero-order valence-corrected chi connectivity index (χ0v) is 16.3. The third-order valence-electron chi connectivity index (χ3n) is 4.60. The van der Waals surface area contributed by atoms with Crippen molar-refractivity contribution >= 4 is 0 Å². The number of aliphatic hydroxyl groups is 1. The molecule has 0 bridgehead atoms. The van der Waals surface area contributed by atoms with Gasteiger partial charge in [-0.25, -0.2) is 0 Å². The van der Waals surface area contributed by atoms with Gasteiger partial charge in [-0.3, -0.25) is 0 Å². The fraction of sp³-hybridized carbons (Fsp3) is 0.429. The van der Waals surface area contributed by atoms with E-state index in [1.165, 1.54) is 21.3 Å². The van der Waals surface area contributed by atoms with Crippen molar-refractivity contribution in [1.82, 2.24) is 0 Å². The van der Waals surface area contributed by atoms with Crippen LogP contribution in [0.2, 0.25) is 0 Å². The maximum absolute atomic E-state index is 10.6. The van der Waals surface area contributed by atoms with Crippen LogP contribution < -0.4 is 14.2 Å². The van der Waals surface area contributed by atoms with Crippen molar-refractivity contribution in [2.24, 2.45) is 0 Å². The third kappa shape index (κ3) is 4.57. The summed E-state index contributed by atoms with van der Waals surface area (Å²) in [7, 11) is 4.44. The van der Waals surface area contributed by atoms with Gasteiger partial charge < -0.3 is 29.5 Å². The van der Waals surface area contributed by atoms with E-state index in [1.54, 1.807) is 12.1 Å². The Kier molecular flexibility index (Phi) is 7.19. The van der Waals surface area contributed by atoms with Crippen molar-refractivity contribution in [2.75, 3.05) is 27.9 Å². The quantitative estimate of drug-likeness (QED) is 0.622. The van der Waals surface area contributed by atoms with Crippen LogP contribution in [0.25, 0.3) is 0 Å². The van der Waals surface area contributed by atoms with E-state index in [0.29, 0.717) is 29.2 Å². The lowest BCUT2D eigenvalue weighted by molar-refractivity contribution is 0.260. The molecule has 3 N–H and O–H groups in total. The largest absolute Gasteiger partial charge is 0.504 e. The summed E-state index contributed by atoms with van der Waals surface area (Å²) in [6, 6.07) is 7.13. The average Bonchev–Trinajstić information content (AvgIpc) is 2.68. The Morgan fingerprint density at radius 1 is 0.815 bits per heavy atom. The van der Waals surface area contributed by atoms with E-state index in [0.717, 1.165) is 24.0 Å². The van der Waals surface area contributed by atoms with Crippen molar-refractivity contribution < 1.29 is 29.5 Å². The number of rotatable bonds is 9. The molecule has 148 valence electrons. The first kappa shape index (κ1) is 20.7. The summed E-state index contributed by atoms with van der Waals surface area (Å²) in [5.41, 5.74) is 2.48. The van der Waals surface area contributed by atoms with Crippen LogP contribution in [0.1, 0.15) is 36.0 Å². The lowest BCUT2D eigenvalue weighted by atomic mass is 9.89. The second-order valence-electron chi connectivity index (χ2n) is 6.42. The summed E-state index contributed by atoms with van der Waals surface area (Å²) in [5.74, 6) is 0.600. The number of hydrogen-bond donors (Lipinski definition) is 3. The van der Waals surface area contributed by atoms with Gasteiger partial charge in [0.1, 0.15) is 0 Å². The number of ether oxygens (including phenoxy) is 3. The smallest absolute Gasteiger partial charge is 0.200 e. The van der Waals surface area contributed by atoms with Gasteiger partial charge in [-0.05, 0) is 42.2 Å². The molecule has 6 nitrogen and oxygen atoms in total. The van der Waals surface area contributed by atoms with Crippen molar-refractivity contribution in [3.63, 3.8) is 0 Å². The highest BCUT2D eigenvalue weighted by molar-refractivity contribution is 5.54. The molecular formula is C21H28O6. The summed E-state index contributed by atoms with van der Waals surface area (Å²) >= 11 is 0. The summed E-state index contributed by atoms with van der Waals surface area (Å²) in [6.45, 7) is 1.93. The number of phenolic OH excluding ortho intramolecular Hbond substituents is 2. The molecule has 0 aliphatic rings. The molecule has 2 aromatic carbocycles. The lowest BCUT2D eigenvalue weighted by Gasteiger charge is -2.20. The van der Waals surface area contributed by atoms with Gasteiger partial charge in [-0.2, -0.15) is 0 Å². The van der Waals surface area contributed by atoms with Crippen LogP contribution in [0.3, 0.4) is 0 Å². The van der Waals surface area contributed by atoms with Crippen LogP contribution in [0.5, 0.6) is 28.7 Å². The Morgan fingerprint density at radius 2 is 1.33 bits per heavy atom. The minimum Gasteiger partial charge on any atom is -0.504 e. The summed E-state index contributed by atoms with van der Waals surface area (Å²) in [4.78, 5) is 0. The van der Waals surface area contributed by atoms with Gasteiger partial charge in [-0.1, -0.05) is 19.4 Å². The molecule has 0 fully saturated rings. The highest BCUT2D eigenvalue weighted by Gasteiger charge is 2.21. The molecule has 0 radical (unpaired) electrons. The van der Waals surface area contributed by atoms with E-state index in [9.17, 15) is 15.3 Å². The maximum Gasteiger partial charge on any atom is 0.200 e. The molecule has 6 heteroatoms. The highest BCUT2D eigenvalue weighted by Crippen LogP contribution is 2.41. The van der Waals surface area contributed by atoms with Gasteiger partial charge in [0.05, 0.1) is 27.9 Å². The number of phenols is 2. The molecule has 0 spiro atoms. The Labute approximate surface area is 159 Å². The predicted octanol–water partition coefficient (Wildman–Crippen LogP) is 3.39. The minimum atomic E-state index is -0.352. The summed E-state index contributed by atoms with van der Waals surface area (Å²) in [6.07, 6.45) is 2.24. The van der Waals surface area contributed by atoms with Gasteiger partial charge >= 0.3 is 0 Å². The second-order valence-corrected chi connectivity index (χ2v) is 6.42. The van der Waals surface area contributed by atoms with E-state index < -0.39 is 0 Å². The van der Waals surface area contributed by atoms with Gasteiger partial charge in [0.15, 0.2) is 23.0 Å². The van der Waals surface area contributed by atoms with Crippen molar-refractivity contribution in [3.05, 3.63) is 41.0 Å². The van der Waals surface area contributed by atoms with Crippen LogP contribution in [0.4, 0.5) is 0 Å². The molecule has 1 unspecified atom stereocenters. The van der Waals surface area contributed by atoms with Crippen LogP contribution in [-0.2, 0) is 12.8 Å². The molecule has 0 aliphatic heterocycles. The second kappa shape index (κ2) is 9.37. The molecule has 0 heterocycles. The molecule has 27 heavy (non-hydrogen) atoms. The zero-order chi connectivity index (χ0) is 20.0. The van der Waals surface area contributed by atoms with Gasteiger partial charge in [-0.15, -0.1) is 0 Å². The molecule has 0 saturated heterocycles. The van der Waals surface area contributed by atoms with E-state index >= 15 is 0 Å². The monoisotopic (exact) mass is 376 g/mol. The summed E-state index contributed by atoms with van der Waals surface area (Å²) < 4.78 is 15.7. The first-order valence-corrected chi connectivity index (χ1v) is 8.93. The van der Waals surface area contributed by atoms with Crippen molar-refractivity contribution in [1.29, 1.82) is 0 Å². The Bertz CT molecular complexity index is 747. The molecule has 2 aromatic rings. The fourth-order valence-corrected chi connectivity index (χ4v) is 3.21. The normalized spacial score (nSPS) is 11.9. The van der Waals surface area contributed by atoms with Crippen molar-refractivity contribution in [3.8, 4) is 28.7 Å². The van der Waals surface area contributed by atoms with Crippen LogP contribution in [-0.4, -0.2) is 43.3 Å². The van der Waals surface area contributed by atoms with Gasteiger partial charge in [0.25, 0.3) is 0 Å². The molecule has 0 aliphatic carbocycles. The Balaban J connectivity index is 2.44. The highest BCUT2D eigenvalue weighted by atomic mass is 16.5. The fourth-order valence-electron chi connectivity index (χ4n) is 3.21. The average molecular weight is 376 g/mol. The van der Waals surface area contributed by atoms with Crippen LogP contribution in [0.15, 0.2) is 24.3 Å². The van der Waals surface area contributed by atoms with Crippen LogP contribution in [0, 0.1) is 0 Å². The standard InChI is InChI=1S/C21H28O6/c1-5-6-13-8-16(20(23)17(9-13)25-2)15(12-22)7-14-10-18(26-3)21(24)19(11-14)27-4/h8-11,15,22-24H,5-7,12H2,1-4H3. The molecule has 2 rings (SSSR count).